The highest BCUT2D eigenvalue weighted by molar-refractivity contribution is 5.61. The molecule has 29 heavy (non-hydrogen) atoms. The molecule has 0 spiro atoms. The number of halogens is 2. The summed E-state index contributed by atoms with van der Waals surface area (Å²) in [6.07, 6.45) is 9.71. The largest absolute Gasteiger partial charge is 0.489 e. The Bertz CT molecular complexity index is 732. The monoisotopic (exact) mass is 400 g/mol. The van der Waals surface area contributed by atoms with E-state index in [2.05, 4.69) is 31.2 Å². The van der Waals surface area contributed by atoms with Gasteiger partial charge in [0.05, 0.1) is 0 Å². The first-order valence-electron chi connectivity index (χ1n) is 11.0. The smallest absolute Gasteiger partial charge is 0.161 e. The first-order chi connectivity index (χ1) is 14.1. The highest BCUT2D eigenvalue weighted by Crippen LogP contribution is 2.26. The van der Waals surface area contributed by atoms with Crippen LogP contribution in [0, 0.1) is 0 Å². The molecule has 0 fully saturated rings. The standard InChI is InChI=1S/C26H34F2O/c1-3-5-6-7-8-9-11-21-12-14-22(15-13-21)20-29-24-18-16-23(17-19-24)26(28)25(27)10-4-2/h12-19H,3-11,20H2,1-2H3. The average molecular weight is 401 g/mol. The van der Waals surface area contributed by atoms with E-state index in [0.29, 0.717) is 18.8 Å². The topological polar surface area (TPSA) is 9.23 Å². The third-order valence-corrected chi connectivity index (χ3v) is 5.06. The van der Waals surface area contributed by atoms with Gasteiger partial charge in [-0.3, -0.25) is 0 Å². The Kier molecular flexibility index (Phi) is 10.5. The number of hydrogen-bond donors (Lipinski definition) is 0. The third-order valence-electron chi connectivity index (χ3n) is 5.06. The van der Waals surface area contributed by atoms with Crippen LogP contribution >= 0.6 is 0 Å². The molecule has 0 saturated heterocycles. The molecule has 0 amide bonds. The zero-order valence-corrected chi connectivity index (χ0v) is 17.9. The molecular formula is C26H34F2O. The Morgan fingerprint density at radius 1 is 0.724 bits per heavy atom. The lowest BCUT2D eigenvalue weighted by atomic mass is 10.0. The summed E-state index contributed by atoms with van der Waals surface area (Å²) >= 11 is 0. The van der Waals surface area contributed by atoms with Crippen molar-refractivity contribution in [3.63, 3.8) is 0 Å². The van der Waals surface area contributed by atoms with Gasteiger partial charge in [0.25, 0.3) is 0 Å². The van der Waals surface area contributed by atoms with Gasteiger partial charge in [-0.25, -0.2) is 8.78 Å². The number of unbranched alkanes of at least 4 members (excludes halogenated alkanes) is 5. The van der Waals surface area contributed by atoms with Gasteiger partial charge in [-0.1, -0.05) is 70.2 Å². The summed E-state index contributed by atoms with van der Waals surface area (Å²) in [5.74, 6) is -0.824. The summed E-state index contributed by atoms with van der Waals surface area (Å²) in [5, 5.41) is 0. The normalized spacial score (nSPS) is 12.0. The molecule has 0 unspecified atom stereocenters. The van der Waals surface area contributed by atoms with Crippen molar-refractivity contribution in [2.75, 3.05) is 0 Å². The van der Waals surface area contributed by atoms with Crippen molar-refractivity contribution in [1.82, 2.24) is 0 Å². The van der Waals surface area contributed by atoms with Crippen molar-refractivity contribution >= 4 is 5.83 Å². The van der Waals surface area contributed by atoms with Crippen LogP contribution in [0.3, 0.4) is 0 Å². The highest BCUT2D eigenvalue weighted by Gasteiger charge is 2.08. The molecule has 2 aromatic carbocycles. The number of allylic oxidation sites excluding steroid dienone is 1. The molecule has 0 atom stereocenters. The summed E-state index contributed by atoms with van der Waals surface area (Å²) in [5.41, 5.74) is 2.72. The van der Waals surface area contributed by atoms with E-state index in [4.69, 9.17) is 4.74 Å². The number of ether oxygens (including phenoxy) is 1. The lowest BCUT2D eigenvalue weighted by molar-refractivity contribution is 0.306. The molecule has 0 bridgehead atoms. The van der Waals surface area contributed by atoms with E-state index in [1.54, 1.807) is 24.3 Å². The van der Waals surface area contributed by atoms with Gasteiger partial charge in [-0.05, 0) is 54.7 Å². The van der Waals surface area contributed by atoms with Gasteiger partial charge in [0.15, 0.2) is 5.83 Å². The van der Waals surface area contributed by atoms with Crippen LogP contribution in [0.4, 0.5) is 8.78 Å². The third kappa shape index (κ3) is 8.39. The van der Waals surface area contributed by atoms with Crippen LogP contribution in [0.2, 0.25) is 0 Å². The zero-order chi connectivity index (χ0) is 20.9. The fraction of sp³-hybridized carbons (Fsp3) is 0.462. The van der Waals surface area contributed by atoms with Gasteiger partial charge in [-0.2, -0.15) is 0 Å². The molecule has 1 nitrogen and oxygen atoms in total. The van der Waals surface area contributed by atoms with Crippen molar-refractivity contribution in [3.05, 3.63) is 71.0 Å². The molecule has 0 N–H and O–H groups in total. The van der Waals surface area contributed by atoms with E-state index >= 15 is 0 Å². The Morgan fingerprint density at radius 2 is 1.34 bits per heavy atom. The summed E-state index contributed by atoms with van der Waals surface area (Å²) < 4.78 is 33.3. The molecule has 0 heterocycles. The molecule has 2 rings (SSSR count). The van der Waals surface area contributed by atoms with Crippen LogP contribution in [0.1, 0.15) is 81.9 Å². The van der Waals surface area contributed by atoms with Gasteiger partial charge in [0, 0.05) is 12.0 Å². The Morgan fingerprint density at radius 3 is 2.00 bits per heavy atom. The molecule has 0 radical (unpaired) electrons. The summed E-state index contributed by atoms with van der Waals surface area (Å²) in [7, 11) is 0. The molecule has 3 heteroatoms. The number of hydrogen-bond acceptors (Lipinski definition) is 1. The van der Waals surface area contributed by atoms with Gasteiger partial charge in [0.2, 0.25) is 0 Å². The molecule has 158 valence electrons. The van der Waals surface area contributed by atoms with Gasteiger partial charge < -0.3 is 4.74 Å². The zero-order valence-electron chi connectivity index (χ0n) is 17.9. The Hall–Kier alpha value is -2.16. The lowest BCUT2D eigenvalue weighted by Crippen LogP contribution is -1.96. The van der Waals surface area contributed by atoms with Gasteiger partial charge in [0.1, 0.15) is 18.2 Å². The molecule has 0 aromatic heterocycles. The van der Waals surface area contributed by atoms with E-state index in [-0.39, 0.29) is 12.0 Å². The number of rotatable bonds is 13. The van der Waals surface area contributed by atoms with Crippen molar-refractivity contribution in [2.24, 2.45) is 0 Å². The van der Waals surface area contributed by atoms with Crippen LogP contribution in [0.5, 0.6) is 5.75 Å². The highest BCUT2D eigenvalue weighted by atomic mass is 19.2. The number of benzene rings is 2. The van der Waals surface area contributed by atoms with Crippen molar-refractivity contribution in [3.8, 4) is 5.75 Å². The van der Waals surface area contributed by atoms with Crippen molar-refractivity contribution < 1.29 is 13.5 Å². The van der Waals surface area contributed by atoms with Gasteiger partial charge in [-0.15, -0.1) is 0 Å². The second-order valence-corrected chi connectivity index (χ2v) is 7.62. The summed E-state index contributed by atoms with van der Waals surface area (Å²) in [4.78, 5) is 0. The Balaban J connectivity index is 1.77. The summed E-state index contributed by atoms with van der Waals surface area (Å²) in [6, 6.07) is 15.0. The predicted molar refractivity (Wildman–Crippen MR) is 118 cm³/mol. The van der Waals surface area contributed by atoms with E-state index in [9.17, 15) is 8.78 Å². The fourth-order valence-corrected chi connectivity index (χ4v) is 3.26. The maximum atomic E-state index is 14.0. The van der Waals surface area contributed by atoms with Crippen LogP contribution in [0.15, 0.2) is 54.4 Å². The van der Waals surface area contributed by atoms with E-state index in [1.807, 2.05) is 6.92 Å². The first kappa shape index (κ1) is 23.1. The molecule has 0 aliphatic carbocycles. The van der Waals surface area contributed by atoms with Crippen LogP contribution in [0.25, 0.3) is 5.83 Å². The molecule has 0 aliphatic rings. The lowest BCUT2D eigenvalue weighted by Gasteiger charge is -2.08. The Labute approximate surface area is 174 Å². The molecular weight excluding hydrogens is 366 g/mol. The first-order valence-corrected chi connectivity index (χ1v) is 11.0. The predicted octanol–water partition coefficient (Wildman–Crippen LogP) is 8.58. The average Bonchev–Trinajstić information content (AvgIpc) is 2.75. The minimum absolute atomic E-state index is 0.124. The van der Waals surface area contributed by atoms with Crippen molar-refractivity contribution in [1.29, 1.82) is 0 Å². The maximum absolute atomic E-state index is 14.0. The molecule has 2 aromatic rings. The van der Waals surface area contributed by atoms with E-state index in [0.717, 1.165) is 12.0 Å². The van der Waals surface area contributed by atoms with Crippen LogP contribution in [-0.4, -0.2) is 0 Å². The SMILES string of the molecule is CCCCCCCCc1ccc(COc2ccc(C(F)=C(F)CCC)cc2)cc1. The minimum atomic E-state index is -0.778. The maximum Gasteiger partial charge on any atom is 0.161 e. The summed E-state index contributed by atoms with van der Waals surface area (Å²) in [6.45, 7) is 4.53. The number of aryl methyl sites for hydroxylation is 1. The van der Waals surface area contributed by atoms with Crippen molar-refractivity contribution in [2.45, 2.75) is 78.2 Å². The molecule has 0 saturated carbocycles. The fourth-order valence-electron chi connectivity index (χ4n) is 3.26. The van der Waals surface area contributed by atoms with E-state index in [1.165, 1.54) is 44.1 Å². The van der Waals surface area contributed by atoms with E-state index < -0.39 is 11.7 Å². The quantitative estimate of drug-likeness (QED) is 0.306. The van der Waals surface area contributed by atoms with Crippen LogP contribution < -0.4 is 4.74 Å². The second-order valence-electron chi connectivity index (χ2n) is 7.62. The van der Waals surface area contributed by atoms with Crippen LogP contribution in [-0.2, 0) is 13.0 Å². The molecule has 0 aliphatic heterocycles. The van der Waals surface area contributed by atoms with Gasteiger partial charge >= 0.3 is 0 Å². The second kappa shape index (κ2) is 13.1. The minimum Gasteiger partial charge on any atom is -0.489 e.